The van der Waals surface area contributed by atoms with Gasteiger partial charge in [0.1, 0.15) is 0 Å². The Hall–Kier alpha value is 0.0538. The van der Waals surface area contributed by atoms with Gasteiger partial charge in [-0.25, -0.2) is 0 Å². The molecule has 0 bridgehead atoms. The smallest absolute Gasteiger partial charge is 0.192 e. The van der Waals surface area contributed by atoms with Crippen LogP contribution >= 0.6 is 0 Å². The summed E-state index contributed by atoms with van der Waals surface area (Å²) in [6.45, 7) is 25.4. The Morgan fingerprint density at radius 2 is 1.42 bits per heavy atom. The van der Waals surface area contributed by atoms with Crippen LogP contribution in [0.3, 0.4) is 0 Å². The molecule has 1 saturated carbocycles. The van der Waals surface area contributed by atoms with Gasteiger partial charge in [0.05, 0.1) is 18.8 Å². The minimum Gasteiger partial charge on any atom is -0.414 e. The van der Waals surface area contributed by atoms with Crippen molar-refractivity contribution in [1.82, 2.24) is 0 Å². The lowest BCUT2D eigenvalue weighted by Gasteiger charge is -2.47. The van der Waals surface area contributed by atoms with Crippen LogP contribution in [0, 0.1) is 5.92 Å². The predicted molar refractivity (Wildman–Crippen MR) is 118 cm³/mol. The highest BCUT2D eigenvalue weighted by atomic mass is 28.4. The van der Waals surface area contributed by atoms with E-state index in [1.165, 1.54) is 5.57 Å². The van der Waals surface area contributed by atoms with Gasteiger partial charge in [0.25, 0.3) is 0 Å². The quantitative estimate of drug-likeness (QED) is 0.446. The summed E-state index contributed by atoms with van der Waals surface area (Å²) in [5.74, 6) is 0.343. The van der Waals surface area contributed by atoms with Gasteiger partial charge < -0.3 is 14.0 Å². The average Bonchev–Trinajstić information content (AvgIpc) is 2.40. The zero-order valence-electron chi connectivity index (χ0n) is 19.2. The van der Waals surface area contributed by atoms with Crippen LogP contribution in [-0.2, 0) is 8.85 Å². The summed E-state index contributed by atoms with van der Waals surface area (Å²) < 4.78 is 13.6. The normalized spacial score (nSPS) is 27.8. The summed E-state index contributed by atoms with van der Waals surface area (Å²) in [6.07, 6.45) is 4.24. The molecule has 0 radical (unpaired) electrons. The largest absolute Gasteiger partial charge is 0.414 e. The molecule has 1 fully saturated rings. The van der Waals surface area contributed by atoms with Gasteiger partial charge in [0.2, 0.25) is 0 Å². The number of hydrogen-bond acceptors (Lipinski definition) is 3. The van der Waals surface area contributed by atoms with Crippen LogP contribution in [0.2, 0.25) is 36.3 Å². The number of aliphatic hydroxyl groups excluding tert-OH is 1. The summed E-state index contributed by atoms with van der Waals surface area (Å²) >= 11 is 0. The fourth-order valence-corrected chi connectivity index (χ4v) is 5.79. The number of aliphatic hydroxyl groups is 1. The van der Waals surface area contributed by atoms with E-state index in [-0.39, 0.29) is 28.9 Å². The van der Waals surface area contributed by atoms with Gasteiger partial charge in [-0.2, -0.15) is 0 Å². The highest BCUT2D eigenvalue weighted by Crippen LogP contribution is 2.44. The maximum Gasteiger partial charge on any atom is 0.192 e. The molecule has 3 atom stereocenters. The first kappa shape index (κ1) is 24.1. The monoisotopic (exact) mass is 400 g/mol. The summed E-state index contributed by atoms with van der Waals surface area (Å²) in [5.41, 5.74) is 1.30. The molecule has 5 heteroatoms. The van der Waals surface area contributed by atoms with Gasteiger partial charge in [-0.1, -0.05) is 60.1 Å². The summed E-state index contributed by atoms with van der Waals surface area (Å²) in [6, 6.07) is 0. The Kier molecular flexibility index (Phi) is 7.60. The Morgan fingerprint density at radius 3 is 1.85 bits per heavy atom. The Morgan fingerprint density at radius 1 is 0.962 bits per heavy atom. The van der Waals surface area contributed by atoms with E-state index in [2.05, 4.69) is 74.7 Å². The maximum atomic E-state index is 9.49. The van der Waals surface area contributed by atoms with Crippen molar-refractivity contribution < 1.29 is 14.0 Å². The van der Waals surface area contributed by atoms with E-state index in [9.17, 15) is 5.11 Å². The minimum absolute atomic E-state index is 0.0965. The zero-order chi connectivity index (χ0) is 20.6. The number of rotatable bonds is 5. The topological polar surface area (TPSA) is 38.7 Å². The molecule has 0 saturated heterocycles. The molecule has 154 valence electrons. The Balaban J connectivity index is 3.06. The van der Waals surface area contributed by atoms with Gasteiger partial charge in [0.15, 0.2) is 16.6 Å². The van der Waals surface area contributed by atoms with Crippen LogP contribution in [0.25, 0.3) is 0 Å². The summed E-state index contributed by atoms with van der Waals surface area (Å²) in [5, 5.41) is 9.89. The van der Waals surface area contributed by atoms with Gasteiger partial charge >= 0.3 is 0 Å². The molecule has 26 heavy (non-hydrogen) atoms. The van der Waals surface area contributed by atoms with E-state index >= 15 is 0 Å². The SMILES string of the molecule is CC1/C(=C\CO)C[C@@H](O[Si](C)(C)C(C)(C)C)C[C@@H]1O[Si](C)(C)C(C)(C)C. The molecular weight excluding hydrogens is 356 g/mol. The van der Waals surface area contributed by atoms with E-state index in [0.717, 1.165) is 12.8 Å². The van der Waals surface area contributed by atoms with Crippen molar-refractivity contribution in [1.29, 1.82) is 0 Å². The first-order valence-corrected chi connectivity index (χ1v) is 16.0. The predicted octanol–water partition coefficient (Wildman–Crippen LogP) is 6.12. The van der Waals surface area contributed by atoms with E-state index in [4.69, 9.17) is 8.85 Å². The molecular formula is C21H44O3Si2. The standard InChI is InChI=1S/C21H44O3Si2/c1-16-17(12-13-22)14-18(23-25(8,9)20(2,3)4)15-19(16)24-26(10,11)21(5,6)7/h12,16,18-19,22H,13-15H2,1-11H3/b17-12-/t16?,18-,19+/m1/s1. The van der Waals surface area contributed by atoms with Crippen molar-refractivity contribution in [2.24, 2.45) is 5.92 Å². The van der Waals surface area contributed by atoms with Crippen molar-refractivity contribution >= 4 is 16.6 Å². The van der Waals surface area contributed by atoms with E-state index in [1.54, 1.807) is 0 Å². The highest BCUT2D eigenvalue weighted by molar-refractivity contribution is 6.74. The third kappa shape index (κ3) is 5.77. The van der Waals surface area contributed by atoms with Crippen molar-refractivity contribution in [3.05, 3.63) is 11.6 Å². The zero-order valence-corrected chi connectivity index (χ0v) is 21.2. The molecule has 0 aromatic heterocycles. The summed E-state index contributed by atoms with van der Waals surface area (Å²) in [7, 11) is -3.67. The van der Waals surface area contributed by atoms with Gasteiger partial charge in [-0.15, -0.1) is 0 Å². The average molecular weight is 401 g/mol. The molecule has 1 N–H and O–H groups in total. The molecule has 1 unspecified atom stereocenters. The highest BCUT2D eigenvalue weighted by Gasteiger charge is 2.45. The van der Waals surface area contributed by atoms with Gasteiger partial charge in [-0.3, -0.25) is 0 Å². The molecule has 0 aliphatic heterocycles. The lowest BCUT2D eigenvalue weighted by Crippen LogP contribution is -2.50. The molecule has 3 nitrogen and oxygen atoms in total. The Labute approximate surface area is 164 Å². The molecule has 1 aliphatic carbocycles. The van der Waals surface area contributed by atoms with Crippen LogP contribution in [0.15, 0.2) is 11.6 Å². The van der Waals surface area contributed by atoms with E-state index in [1.807, 2.05) is 6.08 Å². The first-order valence-electron chi connectivity index (χ1n) is 10.2. The fourth-order valence-electron chi connectivity index (χ4n) is 3.01. The lowest BCUT2D eigenvalue weighted by molar-refractivity contribution is 0.0449. The first-order chi connectivity index (χ1) is 11.5. The van der Waals surface area contributed by atoms with Crippen molar-refractivity contribution in [3.63, 3.8) is 0 Å². The van der Waals surface area contributed by atoms with Crippen LogP contribution in [0.5, 0.6) is 0 Å². The second kappa shape index (κ2) is 8.20. The maximum absolute atomic E-state index is 9.49. The third-order valence-electron chi connectivity index (χ3n) is 6.97. The van der Waals surface area contributed by atoms with Crippen LogP contribution in [0.4, 0.5) is 0 Å². The van der Waals surface area contributed by atoms with Gasteiger partial charge in [0, 0.05) is 5.92 Å². The molecule has 0 amide bonds. The van der Waals surface area contributed by atoms with Crippen molar-refractivity contribution in [2.45, 2.75) is 110 Å². The lowest BCUT2D eigenvalue weighted by atomic mass is 9.81. The Bertz CT molecular complexity index is 498. The van der Waals surface area contributed by atoms with Crippen molar-refractivity contribution in [3.8, 4) is 0 Å². The van der Waals surface area contributed by atoms with Crippen LogP contribution in [-0.4, -0.2) is 40.6 Å². The molecule has 0 aromatic carbocycles. The second-order valence-electron chi connectivity index (χ2n) is 11.1. The van der Waals surface area contributed by atoms with E-state index in [0.29, 0.717) is 5.92 Å². The second-order valence-corrected chi connectivity index (χ2v) is 20.6. The van der Waals surface area contributed by atoms with E-state index < -0.39 is 16.6 Å². The van der Waals surface area contributed by atoms with Gasteiger partial charge in [-0.05, 0) is 49.1 Å². The van der Waals surface area contributed by atoms with Crippen LogP contribution < -0.4 is 0 Å². The van der Waals surface area contributed by atoms with Crippen LogP contribution in [0.1, 0.15) is 61.3 Å². The number of hydrogen-bond donors (Lipinski definition) is 1. The van der Waals surface area contributed by atoms with Crippen molar-refractivity contribution in [2.75, 3.05) is 6.61 Å². The fraction of sp³-hybridized carbons (Fsp3) is 0.905. The molecule has 0 spiro atoms. The third-order valence-corrected chi connectivity index (χ3v) is 16.0. The molecule has 0 heterocycles. The minimum atomic E-state index is -1.85. The molecule has 0 aromatic rings. The summed E-state index contributed by atoms with van der Waals surface area (Å²) in [4.78, 5) is 0. The molecule has 1 rings (SSSR count). The molecule has 1 aliphatic rings.